The fraction of sp³-hybridized carbons (Fsp3) is 0.542. The van der Waals surface area contributed by atoms with Crippen molar-refractivity contribution in [2.75, 3.05) is 37.9 Å². The summed E-state index contributed by atoms with van der Waals surface area (Å²) in [6.45, 7) is 5.39. The van der Waals surface area contributed by atoms with Crippen molar-refractivity contribution < 1.29 is 0 Å². The van der Waals surface area contributed by atoms with Crippen molar-refractivity contribution in [1.82, 2.24) is 9.91 Å². The first kappa shape index (κ1) is 19.1. The molecule has 1 aromatic carbocycles. The van der Waals surface area contributed by atoms with E-state index in [0.717, 1.165) is 32.8 Å². The van der Waals surface area contributed by atoms with Crippen LogP contribution in [-0.4, -0.2) is 48.6 Å². The van der Waals surface area contributed by atoms with Crippen molar-refractivity contribution in [2.45, 2.75) is 51.4 Å². The summed E-state index contributed by atoms with van der Waals surface area (Å²) >= 11 is 1.95. The third-order valence-electron chi connectivity index (χ3n) is 6.43. The van der Waals surface area contributed by atoms with E-state index in [4.69, 9.17) is 4.99 Å². The number of amidine groups is 1. The second kappa shape index (κ2) is 8.88. The number of rotatable bonds is 2. The summed E-state index contributed by atoms with van der Waals surface area (Å²) < 4.78 is 0. The molecule has 3 aliphatic rings. The monoisotopic (exact) mass is 408 g/mol. The second-order valence-corrected chi connectivity index (χ2v) is 9.52. The Kier molecular flexibility index (Phi) is 5.86. The Morgan fingerprint density at radius 2 is 1.41 bits per heavy atom. The molecule has 2 saturated heterocycles. The van der Waals surface area contributed by atoms with Crippen LogP contribution in [0.15, 0.2) is 41.4 Å². The van der Waals surface area contributed by atoms with Gasteiger partial charge in [0.25, 0.3) is 0 Å². The molecule has 5 heteroatoms. The number of hydrogen-bond donors (Lipinski definition) is 0. The number of benzene rings is 1. The predicted octanol–water partition coefficient (Wildman–Crippen LogP) is 5.61. The van der Waals surface area contributed by atoms with Gasteiger partial charge >= 0.3 is 0 Å². The molecule has 0 unspecified atom stereocenters. The Balaban J connectivity index is 1.52. The molecule has 3 aliphatic heterocycles. The van der Waals surface area contributed by atoms with Crippen LogP contribution in [0.5, 0.6) is 0 Å². The van der Waals surface area contributed by atoms with E-state index < -0.39 is 0 Å². The molecule has 2 fully saturated rings. The molecule has 0 bridgehead atoms. The average molecular weight is 409 g/mol. The van der Waals surface area contributed by atoms with Crippen LogP contribution >= 0.6 is 11.3 Å². The summed E-state index contributed by atoms with van der Waals surface area (Å²) in [5.74, 6) is 1.24. The van der Waals surface area contributed by atoms with Gasteiger partial charge in [-0.2, -0.15) is 0 Å². The molecule has 1 aromatic heterocycles. The summed E-state index contributed by atoms with van der Waals surface area (Å²) in [5.41, 5.74) is 2.67. The molecule has 0 aliphatic carbocycles. The number of thiophene rings is 1. The highest BCUT2D eigenvalue weighted by atomic mass is 32.1. The van der Waals surface area contributed by atoms with Gasteiger partial charge in [0.05, 0.1) is 5.56 Å². The van der Waals surface area contributed by atoms with Crippen LogP contribution < -0.4 is 5.01 Å². The molecule has 0 amide bonds. The first-order valence-corrected chi connectivity index (χ1v) is 12.2. The van der Waals surface area contributed by atoms with Crippen LogP contribution in [0.2, 0.25) is 0 Å². The zero-order valence-electron chi connectivity index (χ0n) is 17.4. The van der Waals surface area contributed by atoms with E-state index in [-0.39, 0.29) is 0 Å². The molecule has 2 aromatic rings. The zero-order chi connectivity index (χ0) is 19.5. The SMILES string of the molecule is c1ccc(-c2cc3c(s2)N(N2CCCCCC2)CN=C3N2CCCCCC2)cc1. The zero-order valence-corrected chi connectivity index (χ0v) is 18.2. The van der Waals surface area contributed by atoms with Crippen LogP contribution in [-0.2, 0) is 0 Å². The highest BCUT2D eigenvalue weighted by Gasteiger charge is 2.30. The van der Waals surface area contributed by atoms with Gasteiger partial charge in [0.15, 0.2) is 0 Å². The minimum atomic E-state index is 0.771. The Hall–Kier alpha value is -1.85. The van der Waals surface area contributed by atoms with Gasteiger partial charge in [-0.1, -0.05) is 56.0 Å². The third-order valence-corrected chi connectivity index (χ3v) is 7.63. The second-order valence-electron chi connectivity index (χ2n) is 8.49. The summed E-state index contributed by atoms with van der Waals surface area (Å²) in [4.78, 5) is 9.09. The molecular formula is C24H32N4S. The van der Waals surface area contributed by atoms with Gasteiger partial charge < -0.3 is 4.90 Å². The number of likely N-dealkylation sites (tertiary alicyclic amines) is 1. The number of fused-ring (bicyclic) bond motifs is 1. The normalized spacial score (nSPS) is 21.3. The lowest BCUT2D eigenvalue weighted by Gasteiger charge is -2.38. The van der Waals surface area contributed by atoms with Crippen molar-refractivity contribution in [3.63, 3.8) is 0 Å². The summed E-state index contributed by atoms with van der Waals surface area (Å²) in [6, 6.07) is 13.3. The minimum Gasteiger partial charge on any atom is -0.356 e. The Morgan fingerprint density at radius 1 is 0.759 bits per heavy atom. The van der Waals surface area contributed by atoms with Crippen molar-refractivity contribution >= 4 is 22.2 Å². The quantitative estimate of drug-likeness (QED) is 0.645. The number of hydrogen-bond acceptors (Lipinski definition) is 5. The Bertz CT molecular complexity index is 828. The molecule has 0 saturated carbocycles. The lowest BCUT2D eigenvalue weighted by Crippen LogP contribution is -2.47. The molecule has 29 heavy (non-hydrogen) atoms. The molecule has 154 valence electrons. The smallest absolute Gasteiger partial charge is 0.135 e. The van der Waals surface area contributed by atoms with Gasteiger partial charge in [-0.15, -0.1) is 11.3 Å². The maximum absolute atomic E-state index is 5.16. The third kappa shape index (κ3) is 4.08. The van der Waals surface area contributed by atoms with E-state index >= 15 is 0 Å². The van der Waals surface area contributed by atoms with Gasteiger partial charge in [0, 0.05) is 31.1 Å². The molecular weight excluding hydrogens is 376 g/mol. The lowest BCUT2D eigenvalue weighted by atomic mass is 10.1. The number of aliphatic imine (C=N–C) groups is 1. The van der Waals surface area contributed by atoms with E-state index in [2.05, 4.69) is 51.3 Å². The van der Waals surface area contributed by atoms with Crippen molar-refractivity contribution in [3.05, 3.63) is 42.0 Å². The number of hydrazine groups is 1. The van der Waals surface area contributed by atoms with Gasteiger partial charge in [0.2, 0.25) is 0 Å². The topological polar surface area (TPSA) is 22.1 Å². The molecule has 0 atom stereocenters. The first-order valence-electron chi connectivity index (χ1n) is 11.4. The maximum Gasteiger partial charge on any atom is 0.135 e. The largest absolute Gasteiger partial charge is 0.356 e. The fourth-order valence-electron chi connectivity index (χ4n) is 4.83. The van der Waals surface area contributed by atoms with E-state index in [1.54, 1.807) is 0 Å². The van der Waals surface area contributed by atoms with E-state index in [0.29, 0.717) is 0 Å². The number of nitrogens with zero attached hydrogens (tertiary/aromatic N) is 4. The molecule has 4 heterocycles. The van der Waals surface area contributed by atoms with Crippen LogP contribution in [0.1, 0.15) is 56.9 Å². The standard InChI is InChI=1S/C24H32N4S/c1-2-9-15-26(14-8-1)23-21-18-22(20-12-6-5-7-13-20)29-24(21)28(19-25-23)27-16-10-3-4-11-17-27/h5-7,12-13,18H,1-4,8-11,14-17,19H2. The summed E-state index contributed by atoms with van der Waals surface area (Å²) in [7, 11) is 0. The average Bonchev–Trinajstić information content (AvgIpc) is 2.94. The van der Waals surface area contributed by atoms with E-state index in [9.17, 15) is 0 Å². The Morgan fingerprint density at radius 3 is 2.10 bits per heavy atom. The minimum absolute atomic E-state index is 0.771. The predicted molar refractivity (Wildman–Crippen MR) is 124 cm³/mol. The molecule has 4 nitrogen and oxygen atoms in total. The molecule has 0 N–H and O–H groups in total. The summed E-state index contributed by atoms with van der Waals surface area (Å²) in [5, 5.41) is 6.46. The fourth-order valence-corrected chi connectivity index (χ4v) is 6.01. The highest BCUT2D eigenvalue weighted by molar-refractivity contribution is 7.19. The highest BCUT2D eigenvalue weighted by Crippen LogP contribution is 2.41. The van der Waals surface area contributed by atoms with Crippen molar-refractivity contribution in [2.24, 2.45) is 4.99 Å². The summed E-state index contributed by atoms with van der Waals surface area (Å²) in [6.07, 6.45) is 10.6. The van der Waals surface area contributed by atoms with Gasteiger partial charge in [-0.05, 0) is 37.3 Å². The van der Waals surface area contributed by atoms with Crippen LogP contribution in [0.25, 0.3) is 10.4 Å². The van der Waals surface area contributed by atoms with Crippen molar-refractivity contribution in [3.8, 4) is 10.4 Å². The van der Waals surface area contributed by atoms with Crippen LogP contribution in [0, 0.1) is 0 Å². The number of anilines is 1. The van der Waals surface area contributed by atoms with Gasteiger partial charge in [0.1, 0.15) is 17.5 Å². The molecule has 0 spiro atoms. The van der Waals surface area contributed by atoms with Crippen molar-refractivity contribution in [1.29, 1.82) is 0 Å². The van der Waals surface area contributed by atoms with Crippen LogP contribution in [0.3, 0.4) is 0 Å². The molecule has 5 rings (SSSR count). The maximum atomic E-state index is 5.16. The van der Waals surface area contributed by atoms with E-state index in [1.807, 2.05) is 11.3 Å². The Labute approximate surface area is 178 Å². The first-order chi connectivity index (χ1) is 14.4. The lowest BCUT2D eigenvalue weighted by molar-refractivity contribution is 0.260. The van der Waals surface area contributed by atoms with E-state index in [1.165, 1.54) is 78.2 Å². The van der Waals surface area contributed by atoms with Crippen LogP contribution in [0.4, 0.5) is 5.00 Å². The van der Waals surface area contributed by atoms with Gasteiger partial charge in [-0.25, -0.2) is 10.0 Å². The van der Waals surface area contributed by atoms with Gasteiger partial charge in [-0.3, -0.25) is 5.01 Å². The molecule has 0 radical (unpaired) electrons.